The summed E-state index contributed by atoms with van der Waals surface area (Å²) in [5.74, 6) is -0.0146. The Morgan fingerprint density at radius 2 is 1.97 bits per heavy atom. The van der Waals surface area contributed by atoms with Crippen molar-refractivity contribution in [1.29, 1.82) is 0 Å². The van der Waals surface area contributed by atoms with Crippen molar-refractivity contribution in [2.45, 2.75) is 25.7 Å². The van der Waals surface area contributed by atoms with Crippen LogP contribution in [0.25, 0.3) is 0 Å². The molecular formula is C21H24ClN3O4. The molecule has 0 saturated carbocycles. The maximum atomic E-state index is 12.0. The highest BCUT2D eigenvalue weighted by Gasteiger charge is 2.08. The molecule has 2 rings (SSSR count). The predicted octanol–water partition coefficient (Wildman–Crippen LogP) is 3.49. The van der Waals surface area contributed by atoms with Gasteiger partial charge >= 0.3 is 0 Å². The summed E-state index contributed by atoms with van der Waals surface area (Å²) in [6, 6.07) is 11.7. The summed E-state index contributed by atoms with van der Waals surface area (Å²) in [5.41, 5.74) is 3.61. The third kappa shape index (κ3) is 7.46. The maximum Gasteiger partial charge on any atom is 0.252 e. The van der Waals surface area contributed by atoms with Crippen molar-refractivity contribution in [3.63, 3.8) is 0 Å². The van der Waals surface area contributed by atoms with Crippen LogP contribution in [0, 0.1) is 0 Å². The topological polar surface area (TPSA) is 100 Å². The molecule has 0 saturated heterocycles. The Labute approximate surface area is 174 Å². The van der Waals surface area contributed by atoms with Gasteiger partial charge in [-0.15, -0.1) is 0 Å². The summed E-state index contributed by atoms with van der Waals surface area (Å²) in [6.07, 6.45) is 4.07. The maximum absolute atomic E-state index is 12.0. The standard InChI is InChI=1S/C21H24ClN3O4/c1-29-19-13-15(10-11-18(19)26)14-24-25-20(27)9-3-2-6-12-23-21(28)16-7-4-5-8-17(16)22/h4-5,7-8,10-11,13-14,26H,2-3,6,9,12H2,1H3,(H,23,28)(H,25,27)/b24-14-. The van der Waals surface area contributed by atoms with Gasteiger partial charge in [-0.3, -0.25) is 9.59 Å². The van der Waals surface area contributed by atoms with Gasteiger partial charge in [-0.1, -0.05) is 30.2 Å². The van der Waals surface area contributed by atoms with Gasteiger partial charge in [-0.2, -0.15) is 5.10 Å². The number of unbranched alkanes of at least 4 members (excludes halogenated alkanes) is 2. The lowest BCUT2D eigenvalue weighted by molar-refractivity contribution is -0.121. The van der Waals surface area contributed by atoms with E-state index in [9.17, 15) is 14.7 Å². The summed E-state index contributed by atoms with van der Waals surface area (Å²) >= 11 is 5.99. The molecule has 2 amide bonds. The number of hydrogen-bond acceptors (Lipinski definition) is 5. The van der Waals surface area contributed by atoms with Crippen LogP contribution in [0.3, 0.4) is 0 Å². The fourth-order valence-electron chi connectivity index (χ4n) is 2.54. The van der Waals surface area contributed by atoms with Crippen LogP contribution in [0.4, 0.5) is 0 Å². The lowest BCUT2D eigenvalue weighted by Crippen LogP contribution is -2.24. The molecule has 2 aromatic carbocycles. The van der Waals surface area contributed by atoms with Crippen molar-refractivity contribution in [2.75, 3.05) is 13.7 Å². The van der Waals surface area contributed by atoms with Crippen molar-refractivity contribution in [3.8, 4) is 11.5 Å². The van der Waals surface area contributed by atoms with Crippen LogP contribution in [0.1, 0.15) is 41.6 Å². The van der Waals surface area contributed by atoms with Crippen LogP contribution in [0.2, 0.25) is 5.02 Å². The average Bonchev–Trinajstić information content (AvgIpc) is 2.72. The highest BCUT2D eigenvalue weighted by Crippen LogP contribution is 2.25. The lowest BCUT2D eigenvalue weighted by Gasteiger charge is -2.06. The summed E-state index contributed by atoms with van der Waals surface area (Å²) in [5, 5.41) is 16.7. The number of aromatic hydroxyl groups is 1. The zero-order valence-electron chi connectivity index (χ0n) is 16.2. The van der Waals surface area contributed by atoms with E-state index in [0.29, 0.717) is 41.3 Å². The second-order valence-corrected chi connectivity index (χ2v) is 6.68. The summed E-state index contributed by atoms with van der Waals surface area (Å²) in [7, 11) is 1.46. The number of hydrogen-bond donors (Lipinski definition) is 3. The number of benzene rings is 2. The highest BCUT2D eigenvalue weighted by molar-refractivity contribution is 6.33. The Hall–Kier alpha value is -3.06. The molecule has 3 N–H and O–H groups in total. The third-order valence-corrected chi connectivity index (χ3v) is 4.42. The number of nitrogens with one attached hydrogen (secondary N) is 2. The second-order valence-electron chi connectivity index (χ2n) is 6.27. The van der Waals surface area contributed by atoms with Crippen LogP contribution in [-0.2, 0) is 4.79 Å². The van der Waals surface area contributed by atoms with Crippen LogP contribution in [0.5, 0.6) is 11.5 Å². The van der Waals surface area contributed by atoms with E-state index >= 15 is 0 Å². The van der Waals surface area contributed by atoms with Crippen molar-refractivity contribution >= 4 is 29.6 Å². The summed E-state index contributed by atoms with van der Waals surface area (Å²) in [4.78, 5) is 23.8. The van der Waals surface area contributed by atoms with Gasteiger partial charge < -0.3 is 15.2 Å². The minimum atomic E-state index is -0.200. The van der Waals surface area contributed by atoms with Gasteiger partial charge in [0.05, 0.1) is 23.9 Å². The number of halogens is 1. The molecule has 0 aliphatic heterocycles. The molecular weight excluding hydrogens is 394 g/mol. The second kappa shape index (κ2) is 11.7. The molecule has 0 spiro atoms. The normalized spacial score (nSPS) is 10.7. The number of amides is 2. The predicted molar refractivity (Wildman–Crippen MR) is 113 cm³/mol. The summed E-state index contributed by atoms with van der Waals surface area (Å²) in [6.45, 7) is 0.520. The molecule has 0 fully saturated rings. The number of methoxy groups -OCH3 is 1. The minimum Gasteiger partial charge on any atom is -0.504 e. The fourth-order valence-corrected chi connectivity index (χ4v) is 2.76. The van der Waals surface area contributed by atoms with Gasteiger partial charge in [0.1, 0.15) is 0 Å². The molecule has 29 heavy (non-hydrogen) atoms. The van der Waals surface area contributed by atoms with Crippen molar-refractivity contribution in [2.24, 2.45) is 5.10 Å². The van der Waals surface area contributed by atoms with Crippen molar-refractivity contribution in [1.82, 2.24) is 10.7 Å². The number of carbonyl (C=O) groups excluding carboxylic acids is 2. The molecule has 0 unspecified atom stereocenters. The smallest absolute Gasteiger partial charge is 0.252 e. The Morgan fingerprint density at radius 1 is 1.17 bits per heavy atom. The number of ether oxygens (including phenoxy) is 1. The molecule has 0 aliphatic rings. The molecule has 0 aliphatic carbocycles. The highest BCUT2D eigenvalue weighted by atomic mass is 35.5. The SMILES string of the molecule is COc1cc(/C=N\NC(=O)CCCCCNC(=O)c2ccccc2Cl)ccc1O. The first-order chi connectivity index (χ1) is 14.0. The Balaban J connectivity index is 1.60. The molecule has 0 radical (unpaired) electrons. The van der Waals surface area contributed by atoms with Crippen molar-refractivity contribution < 1.29 is 19.4 Å². The molecule has 154 valence electrons. The molecule has 0 aromatic heterocycles. The quantitative estimate of drug-likeness (QED) is 0.313. The zero-order valence-corrected chi connectivity index (χ0v) is 16.9. The van der Waals surface area contributed by atoms with E-state index in [2.05, 4.69) is 15.8 Å². The van der Waals surface area contributed by atoms with Gasteiger partial charge in [0, 0.05) is 13.0 Å². The first kappa shape index (κ1) is 22.2. The Morgan fingerprint density at radius 3 is 2.72 bits per heavy atom. The first-order valence-electron chi connectivity index (χ1n) is 9.23. The first-order valence-corrected chi connectivity index (χ1v) is 9.60. The van der Waals surface area contributed by atoms with E-state index in [1.54, 1.807) is 36.4 Å². The van der Waals surface area contributed by atoms with Crippen LogP contribution < -0.4 is 15.5 Å². The van der Waals surface area contributed by atoms with Crippen LogP contribution in [0.15, 0.2) is 47.6 Å². The summed E-state index contributed by atoms with van der Waals surface area (Å²) < 4.78 is 5.01. The number of phenols is 1. The molecule has 0 bridgehead atoms. The minimum absolute atomic E-state index is 0.0386. The molecule has 7 nitrogen and oxygen atoms in total. The Bertz CT molecular complexity index is 871. The lowest BCUT2D eigenvalue weighted by atomic mass is 10.1. The number of nitrogens with zero attached hydrogens (tertiary/aromatic N) is 1. The number of phenolic OH excluding ortho intramolecular Hbond substituents is 1. The van der Waals surface area contributed by atoms with E-state index in [1.165, 1.54) is 19.4 Å². The molecule has 2 aromatic rings. The van der Waals surface area contributed by atoms with Crippen molar-refractivity contribution in [3.05, 3.63) is 58.6 Å². The van der Waals surface area contributed by atoms with E-state index in [-0.39, 0.29) is 17.6 Å². The number of rotatable bonds is 10. The van der Waals surface area contributed by atoms with E-state index in [4.69, 9.17) is 16.3 Å². The van der Waals surface area contributed by atoms with Crippen LogP contribution in [-0.4, -0.2) is 36.8 Å². The van der Waals surface area contributed by atoms with E-state index in [0.717, 1.165) is 12.8 Å². The van der Waals surface area contributed by atoms with E-state index in [1.807, 2.05) is 0 Å². The van der Waals surface area contributed by atoms with Gasteiger partial charge in [-0.05, 0) is 48.7 Å². The van der Waals surface area contributed by atoms with Gasteiger partial charge in [0.15, 0.2) is 11.5 Å². The number of hydrazone groups is 1. The van der Waals surface area contributed by atoms with Gasteiger partial charge in [0.2, 0.25) is 5.91 Å². The molecule has 0 heterocycles. The van der Waals surface area contributed by atoms with Crippen LogP contribution >= 0.6 is 11.6 Å². The van der Waals surface area contributed by atoms with Gasteiger partial charge in [0.25, 0.3) is 5.91 Å². The molecule has 8 heteroatoms. The Kier molecular flexibility index (Phi) is 8.98. The largest absolute Gasteiger partial charge is 0.504 e. The third-order valence-electron chi connectivity index (χ3n) is 4.09. The van der Waals surface area contributed by atoms with E-state index < -0.39 is 0 Å². The van der Waals surface area contributed by atoms with Gasteiger partial charge in [-0.25, -0.2) is 5.43 Å². The average molecular weight is 418 g/mol. The monoisotopic (exact) mass is 417 g/mol. The molecule has 0 atom stereocenters. The zero-order chi connectivity index (χ0) is 21.1. The number of carbonyl (C=O) groups is 2. The fraction of sp³-hybridized carbons (Fsp3) is 0.286.